The molecule has 28 heavy (non-hydrogen) atoms. The number of thiophene rings is 1. The monoisotopic (exact) mass is 413 g/mol. The lowest BCUT2D eigenvalue weighted by atomic mass is 10.1. The molecule has 8 heteroatoms. The first-order valence-corrected chi connectivity index (χ1v) is 11.3. The van der Waals surface area contributed by atoms with E-state index >= 15 is 0 Å². The fourth-order valence-electron chi connectivity index (χ4n) is 4.13. The maximum atomic E-state index is 10.8. The molecule has 1 aliphatic rings. The average molecular weight is 414 g/mol. The highest BCUT2D eigenvalue weighted by molar-refractivity contribution is 7.17. The van der Waals surface area contributed by atoms with Crippen molar-refractivity contribution in [3.05, 3.63) is 69.5 Å². The number of benzene rings is 1. The van der Waals surface area contributed by atoms with Gasteiger partial charge >= 0.3 is 0 Å². The van der Waals surface area contributed by atoms with Crippen LogP contribution >= 0.6 is 22.7 Å². The van der Waals surface area contributed by atoms with Crippen molar-refractivity contribution >= 4 is 27.6 Å². The number of aromatic hydroxyl groups is 1. The van der Waals surface area contributed by atoms with E-state index in [4.69, 9.17) is 0 Å². The van der Waals surface area contributed by atoms with Gasteiger partial charge in [0.1, 0.15) is 43.9 Å². The molecule has 0 unspecified atom stereocenters. The standard InChI is InChI=1S/C20H21N5OS2/c26-19-18(28-20-21-14-22-25(19)20)17(16-7-4-12-27-16)24-10-8-23(9-11-24)13-15-5-2-1-3-6-15/h1-7,12,14,17,26H,8-11,13H2/p+2/t17-/m1/s1. The first kappa shape index (κ1) is 17.8. The zero-order valence-electron chi connectivity index (χ0n) is 15.4. The third-order valence-electron chi connectivity index (χ3n) is 5.53. The van der Waals surface area contributed by atoms with Gasteiger partial charge in [-0.1, -0.05) is 47.7 Å². The van der Waals surface area contributed by atoms with Crippen LogP contribution in [0.5, 0.6) is 5.88 Å². The molecule has 0 spiro atoms. The van der Waals surface area contributed by atoms with Crippen LogP contribution in [0.2, 0.25) is 0 Å². The summed E-state index contributed by atoms with van der Waals surface area (Å²) in [5, 5.41) is 17.1. The molecule has 1 aromatic carbocycles. The molecular formula is C20H23N5OS2+2. The first-order chi connectivity index (χ1) is 13.8. The third kappa shape index (κ3) is 3.33. The number of rotatable bonds is 5. The Bertz CT molecular complexity index is 1040. The molecule has 3 N–H and O–H groups in total. The highest BCUT2D eigenvalue weighted by atomic mass is 32.1. The Morgan fingerprint density at radius 2 is 1.89 bits per heavy atom. The summed E-state index contributed by atoms with van der Waals surface area (Å²) in [4.78, 5) is 10.4. The molecule has 6 nitrogen and oxygen atoms in total. The van der Waals surface area contributed by atoms with E-state index in [2.05, 4.69) is 57.9 Å². The van der Waals surface area contributed by atoms with Crippen LogP contribution in [0, 0.1) is 0 Å². The van der Waals surface area contributed by atoms with Gasteiger partial charge in [0.2, 0.25) is 10.8 Å². The summed E-state index contributed by atoms with van der Waals surface area (Å²) >= 11 is 3.31. The minimum Gasteiger partial charge on any atom is -0.492 e. The Morgan fingerprint density at radius 3 is 2.61 bits per heavy atom. The molecule has 5 rings (SSSR count). The van der Waals surface area contributed by atoms with Gasteiger partial charge in [-0.3, -0.25) is 0 Å². The Labute approximate surface area is 171 Å². The molecule has 1 fully saturated rings. The van der Waals surface area contributed by atoms with E-state index in [0.717, 1.165) is 42.6 Å². The van der Waals surface area contributed by atoms with E-state index < -0.39 is 0 Å². The predicted molar refractivity (Wildman–Crippen MR) is 110 cm³/mol. The van der Waals surface area contributed by atoms with Crippen LogP contribution in [-0.4, -0.2) is 45.9 Å². The number of aromatic nitrogens is 3. The molecule has 0 amide bonds. The van der Waals surface area contributed by atoms with Gasteiger partial charge in [0.25, 0.3) is 0 Å². The Hall–Kier alpha value is -2.26. The van der Waals surface area contributed by atoms with E-state index in [1.807, 2.05) is 0 Å². The summed E-state index contributed by atoms with van der Waals surface area (Å²) in [6, 6.07) is 15.2. The number of nitrogens with zero attached hydrogens (tertiary/aromatic N) is 3. The van der Waals surface area contributed by atoms with Gasteiger partial charge < -0.3 is 14.9 Å². The molecule has 0 radical (unpaired) electrons. The Balaban J connectivity index is 1.37. The minimum absolute atomic E-state index is 0.145. The molecule has 4 heterocycles. The van der Waals surface area contributed by atoms with Gasteiger partial charge in [-0.05, 0) is 11.4 Å². The number of nitrogens with one attached hydrogen (secondary N) is 2. The van der Waals surface area contributed by atoms with Gasteiger partial charge in [-0.25, -0.2) is 4.98 Å². The second-order valence-electron chi connectivity index (χ2n) is 7.26. The first-order valence-electron chi connectivity index (χ1n) is 9.56. The fourth-order valence-corrected chi connectivity index (χ4v) is 6.20. The molecule has 1 atom stereocenters. The topological polar surface area (TPSA) is 59.3 Å². The van der Waals surface area contributed by atoms with Crippen LogP contribution in [0.4, 0.5) is 0 Å². The lowest BCUT2D eigenvalue weighted by Crippen LogP contribution is -3.27. The van der Waals surface area contributed by atoms with Gasteiger partial charge in [-0.15, -0.1) is 11.3 Å². The summed E-state index contributed by atoms with van der Waals surface area (Å²) < 4.78 is 1.55. The number of hydrogen-bond donors (Lipinski definition) is 3. The SMILES string of the molecule is Oc1c([C@@H](c2cccs2)[NH+]2CC[NH+](Cc3ccccc3)CC2)sc2ncnn12. The number of piperazine rings is 1. The van der Waals surface area contributed by atoms with Crippen LogP contribution in [0.1, 0.15) is 21.4 Å². The quantitative estimate of drug-likeness (QED) is 0.450. The van der Waals surface area contributed by atoms with Crippen LogP contribution in [0.25, 0.3) is 4.96 Å². The lowest BCUT2D eigenvalue weighted by Gasteiger charge is -2.33. The maximum absolute atomic E-state index is 10.8. The molecule has 0 saturated carbocycles. The minimum atomic E-state index is 0.145. The summed E-state index contributed by atoms with van der Waals surface area (Å²) in [7, 11) is 0. The molecule has 1 saturated heterocycles. The molecule has 144 valence electrons. The van der Waals surface area contributed by atoms with Crippen molar-refractivity contribution in [2.24, 2.45) is 0 Å². The van der Waals surface area contributed by atoms with Crippen molar-refractivity contribution in [2.75, 3.05) is 26.2 Å². The van der Waals surface area contributed by atoms with Crippen molar-refractivity contribution in [1.82, 2.24) is 14.6 Å². The highest BCUT2D eigenvalue weighted by Gasteiger charge is 2.36. The summed E-state index contributed by atoms with van der Waals surface area (Å²) in [6.45, 7) is 5.51. The van der Waals surface area contributed by atoms with Crippen molar-refractivity contribution in [3.8, 4) is 5.88 Å². The largest absolute Gasteiger partial charge is 0.492 e. The van der Waals surface area contributed by atoms with Crippen LogP contribution < -0.4 is 9.80 Å². The van der Waals surface area contributed by atoms with Crippen molar-refractivity contribution in [3.63, 3.8) is 0 Å². The van der Waals surface area contributed by atoms with E-state index in [0.29, 0.717) is 0 Å². The van der Waals surface area contributed by atoms with Gasteiger partial charge in [0.05, 0.1) is 4.88 Å². The number of fused-ring (bicyclic) bond motifs is 1. The zero-order chi connectivity index (χ0) is 18.9. The normalized spacial score (nSPS) is 21.1. The van der Waals surface area contributed by atoms with Crippen LogP contribution in [0.3, 0.4) is 0 Å². The lowest BCUT2D eigenvalue weighted by molar-refractivity contribution is -1.03. The maximum Gasteiger partial charge on any atom is 0.235 e. The smallest absolute Gasteiger partial charge is 0.235 e. The van der Waals surface area contributed by atoms with Crippen LogP contribution in [0.15, 0.2) is 54.2 Å². The zero-order valence-corrected chi connectivity index (χ0v) is 17.0. The van der Waals surface area contributed by atoms with Crippen molar-refractivity contribution < 1.29 is 14.9 Å². The summed E-state index contributed by atoms with van der Waals surface area (Å²) in [5.41, 5.74) is 1.40. The summed E-state index contributed by atoms with van der Waals surface area (Å²) in [6.07, 6.45) is 1.49. The predicted octanol–water partition coefficient (Wildman–Crippen LogP) is 0.631. The number of quaternary nitrogens is 2. The van der Waals surface area contributed by atoms with E-state index in [-0.39, 0.29) is 11.9 Å². The van der Waals surface area contributed by atoms with E-state index in [9.17, 15) is 5.11 Å². The second-order valence-corrected chi connectivity index (χ2v) is 9.25. The Kier molecular flexibility index (Phi) is 4.86. The highest BCUT2D eigenvalue weighted by Crippen LogP contribution is 2.35. The third-order valence-corrected chi connectivity index (χ3v) is 7.57. The Morgan fingerprint density at radius 1 is 1.07 bits per heavy atom. The van der Waals surface area contributed by atoms with Crippen molar-refractivity contribution in [2.45, 2.75) is 12.6 Å². The number of hydrogen-bond acceptors (Lipinski definition) is 5. The van der Waals surface area contributed by atoms with E-state index in [1.165, 1.54) is 21.7 Å². The van der Waals surface area contributed by atoms with E-state index in [1.54, 1.807) is 32.1 Å². The molecule has 0 bridgehead atoms. The molecule has 0 aliphatic carbocycles. The molecule has 4 aromatic rings. The molecule has 3 aromatic heterocycles. The molecular weight excluding hydrogens is 390 g/mol. The second kappa shape index (κ2) is 7.63. The summed E-state index contributed by atoms with van der Waals surface area (Å²) in [5.74, 6) is 0.238. The molecule has 1 aliphatic heterocycles. The van der Waals surface area contributed by atoms with Gasteiger partial charge in [-0.2, -0.15) is 9.61 Å². The fraction of sp³-hybridized carbons (Fsp3) is 0.300. The number of thiazole rings is 1. The average Bonchev–Trinajstić information content (AvgIpc) is 3.46. The van der Waals surface area contributed by atoms with Gasteiger partial charge in [0, 0.05) is 5.56 Å². The van der Waals surface area contributed by atoms with Gasteiger partial charge in [0.15, 0.2) is 6.04 Å². The van der Waals surface area contributed by atoms with Crippen molar-refractivity contribution in [1.29, 1.82) is 0 Å². The van der Waals surface area contributed by atoms with Crippen LogP contribution in [-0.2, 0) is 6.54 Å².